The summed E-state index contributed by atoms with van der Waals surface area (Å²) in [6.45, 7) is 2.00. The molecule has 1 unspecified atom stereocenters. The van der Waals surface area contributed by atoms with E-state index in [1.807, 2.05) is 37.3 Å². The van der Waals surface area contributed by atoms with Crippen molar-refractivity contribution in [1.29, 1.82) is 0 Å². The summed E-state index contributed by atoms with van der Waals surface area (Å²) in [7, 11) is 0. The van der Waals surface area contributed by atoms with Gasteiger partial charge in [0, 0.05) is 4.47 Å². The molecule has 3 heteroatoms. The molecule has 0 bridgehead atoms. The summed E-state index contributed by atoms with van der Waals surface area (Å²) in [6.07, 6.45) is 2.66. The Kier molecular flexibility index (Phi) is 2.91. The highest BCUT2D eigenvalue weighted by Crippen LogP contribution is 2.26. The zero-order chi connectivity index (χ0) is 10.8. The molecule has 0 spiro atoms. The monoisotopic (exact) mass is 266 g/mol. The Morgan fingerprint density at radius 3 is 2.53 bits per heavy atom. The molecule has 0 amide bonds. The second-order valence-corrected chi connectivity index (χ2v) is 4.35. The Morgan fingerprint density at radius 1 is 1.33 bits per heavy atom. The predicted molar refractivity (Wildman–Crippen MR) is 62.3 cm³/mol. The fourth-order valence-corrected chi connectivity index (χ4v) is 1.80. The number of carbonyl (C=O) groups excluding carboxylic acids is 1. The zero-order valence-corrected chi connectivity index (χ0v) is 9.95. The maximum absolute atomic E-state index is 11.5. The number of hydrogen-bond donors (Lipinski definition) is 0. The number of rotatable bonds is 2. The van der Waals surface area contributed by atoms with Crippen LogP contribution in [0.15, 0.2) is 34.8 Å². The summed E-state index contributed by atoms with van der Waals surface area (Å²) < 4.78 is 6.17. The van der Waals surface area contributed by atoms with Crippen molar-refractivity contribution in [1.82, 2.24) is 0 Å². The third-order valence-corrected chi connectivity index (χ3v) is 2.92. The van der Waals surface area contributed by atoms with Crippen molar-refractivity contribution in [3.8, 4) is 0 Å². The highest BCUT2D eigenvalue weighted by Gasteiger charge is 2.24. The lowest BCUT2D eigenvalue weighted by Gasteiger charge is -2.02. The molecule has 2 rings (SSSR count). The average Bonchev–Trinajstić information content (AvgIpc) is 2.61. The maximum Gasteiger partial charge on any atom is 0.339 e. The summed E-state index contributed by atoms with van der Waals surface area (Å²) in [6, 6.07) is 7.66. The van der Waals surface area contributed by atoms with Gasteiger partial charge in [-0.1, -0.05) is 35.0 Å². The molecule has 78 valence electrons. The number of cyclic esters (lactones) is 1. The van der Waals surface area contributed by atoms with Crippen LogP contribution in [0.2, 0.25) is 0 Å². The number of ether oxygens (including phenoxy) is 1. The number of carbonyl (C=O) groups is 1. The molecule has 0 aliphatic carbocycles. The minimum Gasteiger partial charge on any atom is -0.455 e. The van der Waals surface area contributed by atoms with Gasteiger partial charge in [0.1, 0.15) is 6.10 Å². The highest BCUT2D eigenvalue weighted by molar-refractivity contribution is 9.10. The predicted octanol–water partition coefficient (Wildman–Crippen LogP) is 3.17. The van der Waals surface area contributed by atoms with Crippen LogP contribution < -0.4 is 0 Å². The van der Waals surface area contributed by atoms with E-state index in [1.54, 1.807) is 0 Å². The summed E-state index contributed by atoms with van der Waals surface area (Å²) in [5.41, 5.74) is 1.59. The summed E-state index contributed by atoms with van der Waals surface area (Å²) in [4.78, 5) is 11.5. The molecular weight excluding hydrogens is 256 g/mol. The van der Waals surface area contributed by atoms with E-state index < -0.39 is 0 Å². The quantitative estimate of drug-likeness (QED) is 0.769. The molecule has 1 atom stereocenters. The van der Waals surface area contributed by atoms with Gasteiger partial charge in [-0.25, -0.2) is 4.79 Å². The Hall–Kier alpha value is -1.09. The smallest absolute Gasteiger partial charge is 0.339 e. The van der Waals surface area contributed by atoms with Crippen molar-refractivity contribution >= 4 is 27.5 Å². The Labute approximate surface area is 97.1 Å². The van der Waals surface area contributed by atoms with Gasteiger partial charge < -0.3 is 4.74 Å². The highest BCUT2D eigenvalue weighted by atomic mass is 79.9. The van der Waals surface area contributed by atoms with Gasteiger partial charge in [0.25, 0.3) is 0 Å². The molecule has 1 aromatic rings. The Morgan fingerprint density at radius 2 is 2.00 bits per heavy atom. The average molecular weight is 267 g/mol. The molecule has 0 fully saturated rings. The Balaban J connectivity index is 2.31. The second kappa shape index (κ2) is 4.19. The van der Waals surface area contributed by atoms with Crippen molar-refractivity contribution < 1.29 is 9.53 Å². The van der Waals surface area contributed by atoms with Crippen LogP contribution in [0.3, 0.4) is 0 Å². The van der Waals surface area contributed by atoms with Crippen molar-refractivity contribution in [2.75, 3.05) is 0 Å². The van der Waals surface area contributed by atoms with Crippen molar-refractivity contribution in [2.24, 2.45) is 0 Å². The topological polar surface area (TPSA) is 26.3 Å². The van der Waals surface area contributed by atoms with E-state index in [0.29, 0.717) is 5.57 Å². The molecule has 0 radical (unpaired) electrons. The van der Waals surface area contributed by atoms with E-state index in [1.165, 1.54) is 0 Å². The van der Waals surface area contributed by atoms with E-state index in [2.05, 4.69) is 15.9 Å². The molecule has 0 saturated carbocycles. The fourth-order valence-electron chi connectivity index (χ4n) is 1.53. The van der Waals surface area contributed by atoms with Crippen LogP contribution >= 0.6 is 15.9 Å². The van der Waals surface area contributed by atoms with Crippen LogP contribution in [0, 0.1) is 0 Å². The minimum atomic E-state index is -0.218. The molecule has 0 aromatic heterocycles. The first-order valence-electron chi connectivity index (χ1n) is 4.89. The van der Waals surface area contributed by atoms with Crippen LogP contribution in [-0.2, 0) is 9.53 Å². The van der Waals surface area contributed by atoms with Crippen LogP contribution in [0.5, 0.6) is 0 Å². The summed E-state index contributed by atoms with van der Waals surface area (Å²) >= 11 is 3.36. The van der Waals surface area contributed by atoms with Gasteiger partial charge in [0.2, 0.25) is 0 Å². The third-order valence-electron chi connectivity index (χ3n) is 2.39. The molecule has 1 aromatic carbocycles. The van der Waals surface area contributed by atoms with Gasteiger partial charge in [-0.05, 0) is 30.2 Å². The lowest BCUT2D eigenvalue weighted by atomic mass is 10.1. The van der Waals surface area contributed by atoms with Crippen molar-refractivity contribution in [2.45, 2.75) is 19.4 Å². The Bertz CT molecular complexity index is 406. The summed E-state index contributed by atoms with van der Waals surface area (Å²) in [5, 5.41) is 0. The first kappa shape index (κ1) is 10.4. The normalized spacial score (nSPS) is 20.0. The number of hydrogen-bond acceptors (Lipinski definition) is 2. The first-order valence-corrected chi connectivity index (χ1v) is 5.68. The van der Waals surface area contributed by atoms with E-state index in [-0.39, 0.29) is 12.1 Å². The van der Waals surface area contributed by atoms with Gasteiger partial charge in [0.05, 0.1) is 5.57 Å². The molecular formula is C12H11BrO2. The number of halogens is 1. The lowest BCUT2D eigenvalue weighted by molar-refractivity contribution is -0.137. The van der Waals surface area contributed by atoms with Crippen LogP contribution in [0.4, 0.5) is 0 Å². The standard InChI is InChI=1S/C12H11BrO2/c1-2-10-7-11(12(14)15-10)8-3-5-9(13)6-4-8/h3-7,10H,2H2,1H3. The molecule has 0 N–H and O–H groups in total. The molecule has 0 saturated heterocycles. The lowest BCUT2D eigenvalue weighted by Crippen LogP contribution is -2.06. The van der Waals surface area contributed by atoms with Gasteiger partial charge >= 0.3 is 5.97 Å². The maximum atomic E-state index is 11.5. The summed E-state index contributed by atoms with van der Waals surface area (Å²) in [5.74, 6) is -0.218. The second-order valence-electron chi connectivity index (χ2n) is 3.44. The van der Waals surface area contributed by atoms with E-state index in [9.17, 15) is 4.79 Å². The van der Waals surface area contributed by atoms with Gasteiger partial charge in [0.15, 0.2) is 0 Å². The van der Waals surface area contributed by atoms with Crippen molar-refractivity contribution in [3.05, 3.63) is 40.4 Å². The van der Waals surface area contributed by atoms with Crippen LogP contribution in [0.1, 0.15) is 18.9 Å². The number of esters is 1. The molecule has 2 nitrogen and oxygen atoms in total. The third kappa shape index (κ3) is 2.12. The largest absolute Gasteiger partial charge is 0.455 e. The van der Waals surface area contributed by atoms with Crippen LogP contribution in [0.25, 0.3) is 5.57 Å². The molecule has 15 heavy (non-hydrogen) atoms. The van der Waals surface area contributed by atoms with Gasteiger partial charge in [-0.2, -0.15) is 0 Å². The van der Waals surface area contributed by atoms with E-state index in [0.717, 1.165) is 16.5 Å². The first-order chi connectivity index (χ1) is 7.20. The molecule has 1 aliphatic heterocycles. The minimum absolute atomic E-state index is 0.0591. The SMILES string of the molecule is CCC1C=C(c2ccc(Br)cc2)C(=O)O1. The van der Waals surface area contributed by atoms with E-state index >= 15 is 0 Å². The number of benzene rings is 1. The van der Waals surface area contributed by atoms with Gasteiger partial charge in [-0.15, -0.1) is 0 Å². The molecule has 1 aliphatic rings. The fraction of sp³-hybridized carbons (Fsp3) is 0.250. The van der Waals surface area contributed by atoms with Crippen molar-refractivity contribution in [3.63, 3.8) is 0 Å². The van der Waals surface area contributed by atoms with Gasteiger partial charge in [-0.3, -0.25) is 0 Å². The zero-order valence-electron chi connectivity index (χ0n) is 8.37. The molecule has 1 heterocycles. The van der Waals surface area contributed by atoms with E-state index in [4.69, 9.17) is 4.74 Å². The van der Waals surface area contributed by atoms with Crippen LogP contribution in [-0.4, -0.2) is 12.1 Å².